The summed E-state index contributed by atoms with van der Waals surface area (Å²) in [6.07, 6.45) is 1.29. The van der Waals surface area contributed by atoms with Gasteiger partial charge in [-0.25, -0.2) is 4.98 Å². The Kier molecular flexibility index (Phi) is 1.96. The summed E-state index contributed by atoms with van der Waals surface area (Å²) in [5.74, 6) is 0.818. The van der Waals surface area contributed by atoms with Crippen molar-refractivity contribution in [2.45, 2.75) is 26.3 Å². The maximum atomic E-state index is 4.63. The highest BCUT2D eigenvalue weighted by atomic mass is 32.1. The van der Waals surface area contributed by atoms with E-state index in [4.69, 9.17) is 0 Å². The highest BCUT2D eigenvalue weighted by Gasteiger charge is 2.33. The second-order valence-corrected chi connectivity index (χ2v) is 5.44. The molecule has 2 atom stereocenters. The molecular weight excluding hydrogens is 204 g/mol. The average Bonchev–Trinajstić information content (AvgIpc) is 2.75. The van der Waals surface area contributed by atoms with Crippen LogP contribution in [0.5, 0.6) is 0 Å². The second kappa shape index (κ2) is 3.20. The highest BCUT2D eigenvalue weighted by molar-refractivity contribution is 7.22. The molecule has 15 heavy (non-hydrogen) atoms. The van der Waals surface area contributed by atoms with E-state index in [0.717, 1.165) is 16.6 Å². The molecule has 0 amide bonds. The Labute approximate surface area is 93.3 Å². The number of hydrogen-bond acceptors (Lipinski definition) is 3. The normalized spacial score (nSPS) is 24.4. The van der Waals surface area contributed by atoms with Crippen molar-refractivity contribution in [2.75, 3.05) is 5.32 Å². The Bertz CT molecular complexity index is 503. The first-order chi connectivity index (χ1) is 7.24. The quantitative estimate of drug-likeness (QED) is 0.835. The molecule has 1 aliphatic carbocycles. The van der Waals surface area contributed by atoms with Crippen LogP contribution in [-0.2, 0) is 0 Å². The molecule has 0 aliphatic heterocycles. The fourth-order valence-electron chi connectivity index (χ4n) is 1.83. The summed E-state index contributed by atoms with van der Waals surface area (Å²) in [7, 11) is 0. The highest BCUT2D eigenvalue weighted by Crippen LogP contribution is 2.35. The van der Waals surface area contributed by atoms with E-state index in [2.05, 4.69) is 42.3 Å². The second-order valence-electron chi connectivity index (χ2n) is 4.40. The number of nitrogens with one attached hydrogen (secondary N) is 1. The van der Waals surface area contributed by atoms with Gasteiger partial charge in [0, 0.05) is 6.04 Å². The lowest BCUT2D eigenvalue weighted by Crippen LogP contribution is -2.02. The number of nitrogens with zero attached hydrogens (tertiary/aromatic N) is 1. The van der Waals surface area contributed by atoms with Gasteiger partial charge in [0.15, 0.2) is 5.13 Å². The predicted molar refractivity (Wildman–Crippen MR) is 65.5 cm³/mol. The minimum atomic E-state index is 0.658. The lowest BCUT2D eigenvalue weighted by atomic mass is 10.2. The number of benzene rings is 1. The van der Waals surface area contributed by atoms with Crippen molar-refractivity contribution in [1.29, 1.82) is 0 Å². The molecule has 78 valence electrons. The van der Waals surface area contributed by atoms with Crippen molar-refractivity contribution in [1.82, 2.24) is 4.98 Å². The molecule has 0 spiro atoms. The number of thiazole rings is 1. The largest absolute Gasteiger partial charge is 0.358 e. The number of rotatable bonds is 2. The summed E-state index contributed by atoms with van der Waals surface area (Å²) in [5, 5.41) is 4.57. The van der Waals surface area contributed by atoms with Crippen molar-refractivity contribution in [3.05, 3.63) is 23.8 Å². The zero-order valence-corrected chi connectivity index (χ0v) is 9.77. The third kappa shape index (κ3) is 1.61. The van der Waals surface area contributed by atoms with Crippen molar-refractivity contribution in [2.24, 2.45) is 5.92 Å². The summed E-state index contributed by atoms with van der Waals surface area (Å²) in [4.78, 5) is 4.63. The van der Waals surface area contributed by atoms with E-state index in [-0.39, 0.29) is 0 Å². The van der Waals surface area contributed by atoms with Crippen LogP contribution in [0, 0.1) is 12.8 Å². The molecule has 1 N–H and O–H groups in total. The first kappa shape index (κ1) is 9.16. The molecule has 0 radical (unpaired) electrons. The third-order valence-corrected chi connectivity index (χ3v) is 3.99. The van der Waals surface area contributed by atoms with Crippen molar-refractivity contribution in [3.63, 3.8) is 0 Å². The van der Waals surface area contributed by atoms with Crippen molar-refractivity contribution in [3.8, 4) is 0 Å². The van der Waals surface area contributed by atoms with Gasteiger partial charge in [-0.15, -0.1) is 0 Å². The Morgan fingerprint density at radius 3 is 2.93 bits per heavy atom. The van der Waals surface area contributed by atoms with Crippen LogP contribution in [0.3, 0.4) is 0 Å². The van der Waals surface area contributed by atoms with Gasteiger partial charge < -0.3 is 5.32 Å². The molecule has 0 saturated heterocycles. The van der Waals surface area contributed by atoms with Crippen LogP contribution in [0.4, 0.5) is 5.13 Å². The number of hydrogen-bond donors (Lipinski definition) is 1. The Morgan fingerprint density at radius 2 is 2.27 bits per heavy atom. The molecule has 1 aliphatic rings. The van der Waals surface area contributed by atoms with Crippen LogP contribution in [-0.4, -0.2) is 11.0 Å². The van der Waals surface area contributed by atoms with Gasteiger partial charge in [0.2, 0.25) is 0 Å². The van der Waals surface area contributed by atoms with Crippen LogP contribution in [0.1, 0.15) is 18.9 Å². The van der Waals surface area contributed by atoms with Gasteiger partial charge in [-0.3, -0.25) is 0 Å². The number of anilines is 1. The van der Waals surface area contributed by atoms with Gasteiger partial charge in [0.05, 0.1) is 10.2 Å². The topological polar surface area (TPSA) is 24.9 Å². The predicted octanol–water partition coefficient (Wildman–Crippen LogP) is 3.43. The van der Waals surface area contributed by atoms with E-state index < -0.39 is 0 Å². The minimum Gasteiger partial charge on any atom is -0.358 e. The summed E-state index contributed by atoms with van der Waals surface area (Å²) in [6.45, 7) is 4.39. The van der Waals surface area contributed by atoms with E-state index in [1.165, 1.54) is 16.7 Å². The number of aryl methyl sites for hydroxylation is 1. The van der Waals surface area contributed by atoms with E-state index in [1.807, 2.05) is 0 Å². The van der Waals surface area contributed by atoms with Crippen LogP contribution in [0.15, 0.2) is 18.2 Å². The van der Waals surface area contributed by atoms with Crippen LogP contribution >= 0.6 is 11.3 Å². The molecule has 1 saturated carbocycles. The molecule has 1 heterocycles. The van der Waals surface area contributed by atoms with Gasteiger partial charge in [-0.05, 0) is 30.9 Å². The molecule has 2 aromatic rings. The summed E-state index contributed by atoms with van der Waals surface area (Å²) in [5.41, 5.74) is 2.42. The number of fused-ring (bicyclic) bond motifs is 1. The van der Waals surface area contributed by atoms with E-state index in [1.54, 1.807) is 11.3 Å². The molecule has 1 aromatic heterocycles. The molecule has 0 bridgehead atoms. The lowest BCUT2D eigenvalue weighted by Gasteiger charge is -1.97. The van der Waals surface area contributed by atoms with E-state index in [0.29, 0.717) is 6.04 Å². The molecule has 1 aromatic carbocycles. The van der Waals surface area contributed by atoms with Gasteiger partial charge in [-0.2, -0.15) is 0 Å². The molecular formula is C12H14N2S. The van der Waals surface area contributed by atoms with Crippen LogP contribution < -0.4 is 5.32 Å². The molecule has 2 nitrogen and oxygen atoms in total. The molecule has 3 rings (SSSR count). The lowest BCUT2D eigenvalue weighted by molar-refractivity contribution is 0.928. The van der Waals surface area contributed by atoms with Crippen molar-refractivity contribution < 1.29 is 0 Å². The van der Waals surface area contributed by atoms with E-state index >= 15 is 0 Å². The van der Waals surface area contributed by atoms with Crippen LogP contribution in [0.2, 0.25) is 0 Å². The van der Waals surface area contributed by atoms with Gasteiger partial charge in [0.25, 0.3) is 0 Å². The van der Waals surface area contributed by atoms with Gasteiger partial charge in [0.1, 0.15) is 0 Å². The average molecular weight is 218 g/mol. The van der Waals surface area contributed by atoms with Crippen molar-refractivity contribution >= 4 is 26.7 Å². The fraction of sp³-hybridized carbons (Fsp3) is 0.417. The van der Waals surface area contributed by atoms with Gasteiger partial charge >= 0.3 is 0 Å². The SMILES string of the molecule is Cc1cccc2sc(NC3CC3C)nc12. The summed E-state index contributed by atoms with van der Waals surface area (Å²) in [6, 6.07) is 7.01. The maximum absolute atomic E-state index is 4.63. The molecule has 1 fully saturated rings. The first-order valence-electron chi connectivity index (χ1n) is 5.37. The summed E-state index contributed by atoms with van der Waals surface area (Å²) >= 11 is 1.76. The summed E-state index contributed by atoms with van der Waals surface area (Å²) < 4.78 is 1.28. The Hall–Kier alpha value is -1.09. The molecule has 3 heteroatoms. The standard InChI is InChI=1S/C12H14N2S/c1-7-4-3-5-10-11(7)14-12(15-10)13-9-6-8(9)2/h3-5,8-9H,6H2,1-2H3,(H,13,14). The zero-order chi connectivity index (χ0) is 10.4. The monoisotopic (exact) mass is 218 g/mol. The molecule has 2 unspecified atom stereocenters. The zero-order valence-electron chi connectivity index (χ0n) is 8.95. The first-order valence-corrected chi connectivity index (χ1v) is 6.18. The van der Waals surface area contributed by atoms with Crippen LogP contribution in [0.25, 0.3) is 10.2 Å². The number of para-hydroxylation sites is 1. The minimum absolute atomic E-state index is 0.658. The Morgan fingerprint density at radius 1 is 1.47 bits per heavy atom. The fourth-order valence-corrected chi connectivity index (χ4v) is 2.84. The maximum Gasteiger partial charge on any atom is 0.184 e. The van der Waals surface area contributed by atoms with Gasteiger partial charge in [-0.1, -0.05) is 30.4 Å². The third-order valence-electron chi connectivity index (χ3n) is 3.04. The Balaban J connectivity index is 1.96. The number of aromatic nitrogens is 1. The smallest absolute Gasteiger partial charge is 0.184 e. The van der Waals surface area contributed by atoms with E-state index in [9.17, 15) is 0 Å².